The second-order valence-corrected chi connectivity index (χ2v) is 8.42. The molecule has 3 N–H and O–H groups in total. The number of nitrogens with one attached hydrogen (secondary N) is 2. The highest BCUT2D eigenvalue weighted by Crippen LogP contribution is 2.14. The smallest absolute Gasteiger partial charge is 0.306 e. The Kier molecular flexibility index (Phi) is 12.0. The second kappa shape index (κ2) is 14.2. The molecule has 2 amide bonds. The van der Waals surface area contributed by atoms with Crippen LogP contribution in [-0.4, -0.2) is 47.7 Å². The average Bonchev–Trinajstić information content (AvgIpc) is 2.76. The minimum absolute atomic E-state index is 0.0192. The zero-order valence-corrected chi connectivity index (χ0v) is 19.1. The molecule has 2 atom stereocenters. The maximum absolute atomic E-state index is 12.8. The van der Waals surface area contributed by atoms with Crippen molar-refractivity contribution in [1.82, 2.24) is 10.6 Å². The summed E-state index contributed by atoms with van der Waals surface area (Å²) in [5.74, 6) is -1.63. The van der Waals surface area contributed by atoms with Gasteiger partial charge in [-0.25, -0.2) is 0 Å². The summed E-state index contributed by atoms with van der Waals surface area (Å²) in [6.45, 7) is 10.6. The highest BCUT2D eigenvalue weighted by atomic mass is 16.5. The molecule has 0 aliphatic heterocycles. The molecule has 0 aromatic heterocycles. The van der Waals surface area contributed by atoms with Crippen LogP contribution in [0.25, 0.3) is 0 Å². The first-order valence-electron chi connectivity index (χ1n) is 10.8. The lowest BCUT2D eigenvalue weighted by atomic mass is 9.97. The molecule has 32 heavy (non-hydrogen) atoms. The van der Waals surface area contributed by atoms with Crippen molar-refractivity contribution in [1.29, 1.82) is 0 Å². The Hall–Kier alpha value is -2.93. The number of aliphatic hydroxyl groups excluding tert-OH is 1. The number of hydrogen-bond acceptors (Lipinski definition) is 5. The van der Waals surface area contributed by atoms with Crippen LogP contribution in [0.2, 0.25) is 0 Å². The molecule has 0 saturated carbocycles. The van der Waals surface area contributed by atoms with Crippen molar-refractivity contribution in [2.75, 3.05) is 13.2 Å². The Morgan fingerprint density at radius 1 is 1.16 bits per heavy atom. The molecule has 0 spiro atoms. The fraction of sp³-hybridized carbons (Fsp3) is 0.480. The highest BCUT2D eigenvalue weighted by Gasteiger charge is 2.28. The predicted molar refractivity (Wildman–Crippen MR) is 125 cm³/mol. The van der Waals surface area contributed by atoms with Crippen molar-refractivity contribution in [3.63, 3.8) is 0 Å². The van der Waals surface area contributed by atoms with Crippen LogP contribution in [0, 0.1) is 5.92 Å². The van der Waals surface area contributed by atoms with Gasteiger partial charge in [0.1, 0.15) is 6.61 Å². The van der Waals surface area contributed by atoms with E-state index in [1.807, 2.05) is 30.3 Å². The van der Waals surface area contributed by atoms with Gasteiger partial charge >= 0.3 is 5.97 Å². The van der Waals surface area contributed by atoms with Crippen molar-refractivity contribution in [2.24, 2.45) is 5.92 Å². The van der Waals surface area contributed by atoms with Crippen molar-refractivity contribution in [3.8, 4) is 0 Å². The Morgan fingerprint density at radius 2 is 1.84 bits per heavy atom. The molecule has 1 aromatic rings. The van der Waals surface area contributed by atoms with Crippen LogP contribution in [-0.2, 0) is 25.5 Å². The molecule has 0 fully saturated rings. The zero-order valence-electron chi connectivity index (χ0n) is 19.1. The van der Waals surface area contributed by atoms with Crippen molar-refractivity contribution in [2.45, 2.75) is 57.5 Å². The van der Waals surface area contributed by atoms with Crippen LogP contribution in [0.1, 0.15) is 45.1 Å². The lowest BCUT2D eigenvalue weighted by Crippen LogP contribution is -2.50. The SMILES string of the molecule is C=CCCC(=O)OCC(C)(C)NC(=O)C(CC=C)CC(=O)NC(CO)Cc1ccccc1. The van der Waals surface area contributed by atoms with E-state index in [9.17, 15) is 19.5 Å². The molecule has 7 nitrogen and oxygen atoms in total. The normalized spacial score (nSPS) is 12.8. The van der Waals surface area contributed by atoms with Gasteiger partial charge in [-0.1, -0.05) is 42.5 Å². The third-order valence-electron chi connectivity index (χ3n) is 4.77. The van der Waals surface area contributed by atoms with Gasteiger partial charge in [0.25, 0.3) is 0 Å². The maximum Gasteiger partial charge on any atom is 0.306 e. The maximum atomic E-state index is 12.8. The van der Waals surface area contributed by atoms with E-state index in [4.69, 9.17) is 4.74 Å². The van der Waals surface area contributed by atoms with E-state index in [0.717, 1.165) is 5.56 Å². The van der Waals surface area contributed by atoms with E-state index in [1.165, 1.54) is 0 Å². The average molecular weight is 445 g/mol. The Bertz CT molecular complexity index is 761. The standard InChI is InChI=1S/C25H36N2O5/c1-5-7-14-23(30)32-18-25(3,4)27-24(31)20(11-6-2)16-22(29)26-21(17-28)15-19-12-9-8-10-13-19/h5-6,8-10,12-13,20-21,28H,1-2,7,11,14-18H2,3-4H3,(H,26,29)(H,27,31). The quantitative estimate of drug-likeness (QED) is 0.285. The van der Waals surface area contributed by atoms with Gasteiger partial charge in [-0.05, 0) is 38.7 Å². The number of carbonyl (C=O) groups excluding carboxylic acids is 3. The molecule has 1 rings (SSSR count). The molecule has 7 heteroatoms. The van der Waals surface area contributed by atoms with E-state index in [0.29, 0.717) is 19.3 Å². The highest BCUT2D eigenvalue weighted by molar-refractivity contribution is 5.86. The van der Waals surface area contributed by atoms with Crippen LogP contribution in [0.5, 0.6) is 0 Å². The lowest BCUT2D eigenvalue weighted by Gasteiger charge is -2.28. The third kappa shape index (κ3) is 10.9. The number of benzene rings is 1. The molecule has 0 bridgehead atoms. The summed E-state index contributed by atoms with van der Waals surface area (Å²) >= 11 is 0. The van der Waals surface area contributed by atoms with E-state index in [2.05, 4.69) is 23.8 Å². The number of allylic oxidation sites excluding steroid dienone is 2. The molecule has 2 unspecified atom stereocenters. The molecular weight excluding hydrogens is 408 g/mol. The summed E-state index contributed by atoms with van der Waals surface area (Å²) < 4.78 is 5.23. The Morgan fingerprint density at radius 3 is 2.44 bits per heavy atom. The van der Waals surface area contributed by atoms with Crippen LogP contribution in [0.3, 0.4) is 0 Å². The Balaban J connectivity index is 2.62. The van der Waals surface area contributed by atoms with Gasteiger partial charge in [0, 0.05) is 12.8 Å². The number of aliphatic hydroxyl groups is 1. The fourth-order valence-electron chi connectivity index (χ4n) is 3.08. The molecule has 0 aliphatic carbocycles. The molecule has 1 aromatic carbocycles. The predicted octanol–water partition coefficient (Wildman–Crippen LogP) is 2.69. The van der Waals surface area contributed by atoms with Crippen LogP contribution in [0.15, 0.2) is 55.6 Å². The molecule has 0 aliphatic rings. The fourth-order valence-corrected chi connectivity index (χ4v) is 3.08. The molecule has 0 saturated heterocycles. The monoisotopic (exact) mass is 444 g/mol. The molecule has 0 heterocycles. The molecular formula is C25H36N2O5. The summed E-state index contributed by atoms with van der Waals surface area (Å²) in [7, 11) is 0. The molecule has 176 valence electrons. The number of esters is 1. The number of amides is 2. The van der Waals surface area contributed by atoms with Gasteiger partial charge in [0.2, 0.25) is 11.8 Å². The minimum Gasteiger partial charge on any atom is -0.463 e. The topological polar surface area (TPSA) is 105 Å². The zero-order chi connectivity index (χ0) is 24.0. The first-order chi connectivity index (χ1) is 15.2. The van der Waals surface area contributed by atoms with Gasteiger partial charge in [-0.15, -0.1) is 13.2 Å². The summed E-state index contributed by atoms with van der Waals surface area (Å²) in [5.41, 5.74) is 0.203. The van der Waals surface area contributed by atoms with E-state index in [1.54, 1.807) is 26.0 Å². The first kappa shape index (κ1) is 27.1. The van der Waals surface area contributed by atoms with Gasteiger partial charge in [0.05, 0.1) is 24.1 Å². The van der Waals surface area contributed by atoms with Gasteiger partial charge < -0.3 is 20.5 Å². The summed E-state index contributed by atoms with van der Waals surface area (Å²) in [5, 5.41) is 15.3. The van der Waals surface area contributed by atoms with Crippen molar-refractivity contribution < 1.29 is 24.2 Å². The van der Waals surface area contributed by atoms with Crippen molar-refractivity contribution in [3.05, 3.63) is 61.2 Å². The van der Waals surface area contributed by atoms with Gasteiger partial charge in [0.15, 0.2) is 0 Å². The summed E-state index contributed by atoms with van der Waals surface area (Å²) in [6, 6.07) is 9.11. The minimum atomic E-state index is -0.794. The third-order valence-corrected chi connectivity index (χ3v) is 4.77. The first-order valence-corrected chi connectivity index (χ1v) is 10.8. The van der Waals surface area contributed by atoms with Gasteiger partial charge in [-0.2, -0.15) is 0 Å². The number of carbonyl (C=O) groups is 3. The second-order valence-electron chi connectivity index (χ2n) is 8.42. The van der Waals surface area contributed by atoms with Crippen LogP contribution < -0.4 is 10.6 Å². The van der Waals surface area contributed by atoms with Crippen LogP contribution >= 0.6 is 0 Å². The summed E-state index contributed by atoms with van der Waals surface area (Å²) in [4.78, 5) is 37.1. The van der Waals surface area contributed by atoms with Gasteiger partial charge in [-0.3, -0.25) is 14.4 Å². The summed E-state index contributed by atoms with van der Waals surface area (Å²) in [6.07, 6.45) is 4.76. The van der Waals surface area contributed by atoms with Crippen molar-refractivity contribution >= 4 is 17.8 Å². The van der Waals surface area contributed by atoms with Crippen LogP contribution in [0.4, 0.5) is 0 Å². The van der Waals surface area contributed by atoms with E-state index in [-0.39, 0.29) is 43.8 Å². The van der Waals surface area contributed by atoms with E-state index < -0.39 is 17.5 Å². The number of rotatable bonds is 15. The number of hydrogen-bond donors (Lipinski definition) is 3. The number of ether oxygens (including phenoxy) is 1. The lowest BCUT2D eigenvalue weighted by molar-refractivity contribution is -0.146. The molecule has 0 radical (unpaired) electrons. The largest absolute Gasteiger partial charge is 0.463 e. The Labute approximate surface area is 190 Å². The van der Waals surface area contributed by atoms with E-state index >= 15 is 0 Å².